The number of anilines is 1. The molecule has 0 atom stereocenters. The number of rotatable bonds is 8. The van der Waals surface area contributed by atoms with Crippen molar-refractivity contribution in [1.82, 2.24) is 19.3 Å². The third kappa shape index (κ3) is 5.62. The van der Waals surface area contributed by atoms with Crippen LogP contribution in [0, 0.1) is 6.92 Å². The van der Waals surface area contributed by atoms with Crippen LogP contribution in [0.3, 0.4) is 0 Å². The second-order valence-corrected chi connectivity index (χ2v) is 10.7. The number of carbonyl (C=O) groups excluding carboxylic acids is 1. The van der Waals surface area contributed by atoms with Gasteiger partial charge in [-0.1, -0.05) is 35.3 Å². The van der Waals surface area contributed by atoms with E-state index in [1.165, 1.54) is 11.9 Å². The first-order valence-corrected chi connectivity index (χ1v) is 13.4. The number of nitrogens with zero attached hydrogens (tertiary/aromatic N) is 4. The molecule has 4 aromatic rings. The van der Waals surface area contributed by atoms with E-state index in [4.69, 9.17) is 27.9 Å². The number of benzene rings is 2. The van der Waals surface area contributed by atoms with Crippen LogP contribution in [0.25, 0.3) is 16.6 Å². The van der Waals surface area contributed by atoms with Crippen LogP contribution in [0.15, 0.2) is 55.1 Å². The Morgan fingerprint density at radius 2 is 2.00 bits per heavy atom. The topological polar surface area (TPSA) is 106 Å². The predicted molar refractivity (Wildman–Crippen MR) is 141 cm³/mol. The first-order chi connectivity index (χ1) is 17.0. The molecule has 4 rings (SSSR count). The van der Waals surface area contributed by atoms with E-state index in [0.717, 1.165) is 23.0 Å². The summed E-state index contributed by atoms with van der Waals surface area (Å²) in [5, 5.41) is 1.47. The van der Waals surface area contributed by atoms with Crippen LogP contribution in [-0.4, -0.2) is 48.7 Å². The van der Waals surface area contributed by atoms with Gasteiger partial charge in [-0.2, -0.15) is 0 Å². The maximum atomic E-state index is 12.5. The summed E-state index contributed by atoms with van der Waals surface area (Å²) in [5.41, 5.74) is 3.24. The Bertz CT molecular complexity index is 1540. The zero-order chi connectivity index (χ0) is 26.0. The highest BCUT2D eigenvalue weighted by molar-refractivity contribution is 7.88. The summed E-state index contributed by atoms with van der Waals surface area (Å²) in [7, 11) is -2.02. The van der Waals surface area contributed by atoms with Crippen LogP contribution in [0.2, 0.25) is 10.0 Å². The van der Waals surface area contributed by atoms with Crippen LogP contribution in [0.5, 0.6) is 5.75 Å². The number of amides is 1. The number of nitrogens with one attached hydrogen (secondary N) is 1. The molecule has 0 aliphatic carbocycles. The van der Waals surface area contributed by atoms with Crippen LogP contribution in [-0.2, 0) is 21.4 Å². The van der Waals surface area contributed by atoms with Gasteiger partial charge in [0.25, 0.3) is 0 Å². The lowest BCUT2D eigenvalue weighted by atomic mass is 10.1. The minimum atomic E-state index is -3.52. The lowest BCUT2D eigenvalue weighted by molar-refractivity contribution is -0.117. The van der Waals surface area contributed by atoms with Crippen LogP contribution < -0.4 is 14.4 Å². The summed E-state index contributed by atoms with van der Waals surface area (Å²) in [4.78, 5) is 22.6. The van der Waals surface area contributed by atoms with E-state index in [2.05, 4.69) is 14.7 Å². The van der Waals surface area contributed by atoms with Gasteiger partial charge < -0.3 is 14.2 Å². The third-order valence-corrected chi connectivity index (χ3v) is 6.89. The Balaban J connectivity index is 1.63. The molecule has 2 heterocycles. The van der Waals surface area contributed by atoms with Gasteiger partial charge in [0.15, 0.2) is 0 Å². The number of sulfonamides is 1. The van der Waals surface area contributed by atoms with E-state index < -0.39 is 22.5 Å². The van der Waals surface area contributed by atoms with Crippen molar-refractivity contribution < 1.29 is 17.9 Å². The molecule has 1 N–H and O–H groups in total. The van der Waals surface area contributed by atoms with Crippen molar-refractivity contribution in [3.05, 3.63) is 76.4 Å². The van der Waals surface area contributed by atoms with E-state index in [1.807, 2.05) is 42.0 Å². The van der Waals surface area contributed by atoms with Crippen LogP contribution >= 0.6 is 23.2 Å². The highest BCUT2D eigenvalue weighted by atomic mass is 35.5. The molecule has 2 aromatic heterocycles. The van der Waals surface area contributed by atoms with Gasteiger partial charge in [0.05, 0.1) is 35.5 Å². The number of para-hydroxylation sites is 1. The molecule has 9 nitrogen and oxygen atoms in total. The maximum Gasteiger partial charge on any atom is 0.241 e. The molecule has 0 aliphatic rings. The van der Waals surface area contributed by atoms with Crippen LogP contribution in [0.1, 0.15) is 11.3 Å². The lowest BCUT2D eigenvalue weighted by Crippen LogP contribution is -2.37. The van der Waals surface area contributed by atoms with Gasteiger partial charge in [-0.15, -0.1) is 0 Å². The Morgan fingerprint density at radius 3 is 2.69 bits per heavy atom. The normalized spacial score (nSPS) is 11.6. The zero-order valence-electron chi connectivity index (χ0n) is 19.7. The van der Waals surface area contributed by atoms with Gasteiger partial charge in [-0.05, 0) is 31.2 Å². The second kappa shape index (κ2) is 10.4. The third-order valence-electron chi connectivity index (χ3n) is 5.45. The van der Waals surface area contributed by atoms with Gasteiger partial charge >= 0.3 is 0 Å². The van der Waals surface area contributed by atoms with Crippen molar-refractivity contribution in [2.45, 2.75) is 13.5 Å². The van der Waals surface area contributed by atoms with E-state index in [9.17, 15) is 13.2 Å². The van der Waals surface area contributed by atoms with Gasteiger partial charge in [0.1, 0.15) is 17.9 Å². The van der Waals surface area contributed by atoms with Crippen molar-refractivity contribution >= 4 is 55.7 Å². The number of halogens is 2. The molecule has 0 spiro atoms. The minimum absolute atomic E-state index is 0.0181. The smallest absolute Gasteiger partial charge is 0.241 e. The fraction of sp³-hybridized carbons (Fsp3) is 0.208. The van der Waals surface area contributed by atoms with Crippen molar-refractivity contribution in [2.75, 3.05) is 24.7 Å². The molecular formula is C24H23Cl2N5O4S. The number of aromatic nitrogens is 3. The average molecular weight is 548 g/mol. The second-order valence-electron chi connectivity index (χ2n) is 8.10. The van der Waals surface area contributed by atoms with Crippen molar-refractivity contribution in [3.8, 4) is 11.4 Å². The molecule has 12 heteroatoms. The molecule has 0 saturated carbocycles. The van der Waals surface area contributed by atoms with E-state index >= 15 is 0 Å². The number of hydrogen-bond acceptors (Lipinski definition) is 6. The molecule has 2 aromatic carbocycles. The standard InChI is InChI=1S/C24H23Cl2N5O4S/c1-15-11-20(31-10-9-27-14-31)16-5-4-6-21(24(16)29-15)35-13-17-18(25)7-8-19(23(17)26)30(2)22(32)12-28-36(3,33)34/h4-11,14,28H,12-13H2,1-3H3. The largest absolute Gasteiger partial charge is 0.487 e. The number of carbonyl (C=O) groups is 1. The van der Waals surface area contributed by atoms with Crippen molar-refractivity contribution in [1.29, 1.82) is 0 Å². The quantitative estimate of drug-likeness (QED) is 0.355. The first kappa shape index (κ1) is 25.9. The highest BCUT2D eigenvalue weighted by Crippen LogP contribution is 2.36. The van der Waals surface area contributed by atoms with Gasteiger partial charge in [0.2, 0.25) is 15.9 Å². The zero-order valence-corrected chi connectivity index (χ0v) is 22.0. The fourth-order valence-electron chi connectivity index (χ4n) is 3.63. The summed E-state index contributed by atoms with van der Waals surface area (Å²) in [5.74, 6) is 0.0501. The molecule has 36 heavy (non-hydrogen) atoms. The van der Waals surface area contributed by atoms with E-state index in [1.54, 1.807) is 24.7 Å². The average Bonchev–Trinajstić information content (AvgIpc) is 3.36. The Morgan fingerprint density at radius 1 is 1.22 bits per heavy atom. The summed E-state index contributed by atoms with van der Waals surface area (Å²) in [6, 6.07) is 10.8. The van der Waals surface area contributed by atoms with Gasteiger partial charge in [-0.25, -0.2) is 23.1 Å². The molecule has 188 valence electrons. The Hall–Kier alpha value is -3.18. The lowest BCUT2D eigenvalue weighted by Gasteiger charge is -2.21. The summed E-state index contributed by atoms with van der Waals surface area (Å²) < 4.78 is 32.9. The number of fused-ring (bicyclic) bond motifs is 1. The highest BCUT2D eigenvalue weighted by Gasteiger charge is 2.20. The van der Waals surface area contributed by atoms with Crippen molar-refractivity contribution in [2.24, 2.45) is 0 Å². The Kier molecular flexibility index (Phi) is 7.51. The number of imidazole rings is 1. The molecule has 0 bridgehead atoms. The van der Waals surface area contributed by atoms with Crippen molar-refractivity contribution in [3.63, 3.8) is 0 Å². The Labute approximate surface area is 218 Å². The summed E-state index contributed by atoms with van der Waals surface area (Å²) >= 11 is 13.0. The van der Waals surface area contributed by atoms with Gasteiger partial charge in [-0.3, -0.25) is 4.79 Å². The number of hydrogen-bond donors (Lipinski definition) is 1. The van der Waals surface area contributed by atoms with Gasteiger partial charge in [0, 0.05) is 41.1 Å². The SMILES string of the molecule is Cc1cc(-n2ccnc2)c2cccc(OCc3c(Cl)ccc(N(C)C(=O)CNS(C)(=O)=O)c3Cl)c2n1. The molecule has 1 amide bonds. The number of likely N-dealkylation sites (N-methyl/N-ethyl adjacent to an activating group) is 1. The summed E-state index contributed by atoms with van der Waals surface area (Å²) in [6.45, 7) is 1.52. The molecule has 0 unspecified atom stereocenters. The van der Waals surface area contributed by atoms with Crippen LogP contribution in [0.4, 0.5) is 5.69 Å². The number of ether oxygens (including phenoxy) is 1. The number of pyridine rings is 1. The predicted octanol–water partition coefficient (Wildman–Crippen LogP) is 4.13. The molecular weight excluding hydrogens is 525 g/mol. The first-order valence-electron chi connectivity index (χ1n) is 10.7. The maximum absolute atomic E-state index is 12.5. The fourth-order valence-corrected chi connectivity index (χ4v) is 4.62. The molecule has 0 radical (unpaired) electrons. The molecule has 0 fully saturated rings. The minimum Gasteiger partial charge on any atom is -0.487 e. The van der Waals surface area contributed by atoms with E-state index in [-0.39, 0.29) is 11.6 Å². The van der Waals surface area contributed by atoms with E-state index in [0.29, 0.717) is 27.5 Å². The monoisotopic (exact) mass is 547 g/mol. The number of aryl methyl sites for hydroxylation is 1. The summed E-state index contributed by atoms with van der Waals surface area (Å²) in [6.07, 6.45) is 6.26. The molecule has 0 saturated heterocycles. The molecule has 0 aliphatic heterocycles.